The van der Waals surface area contributed by atoms with Crippen LogP contribution >= 0.6 is 11.6 Å². The van der Waals surface area contributed by atoms with Crippen LogP contribution in [0.15, 0.2) is 12.1 Å². The fourth-order valence-corrected chi connectivity index (χ4v) is 3.22. The third-order valence-corrected chi connectivity index (χ3v) is 4.54. The number of nitrogens with one attached hydrogen (secondary N) is 1. The molecule has 116 valence electrons. The van der Waals surface area contributed by atoms with Crippen LogP contribution in [0.3, 0.4) is 0 Å². The summed E-state index contributed by atoms with van der Waals surface area (Å²) in [5, 5.41) is 4.22. The zero-order chi connectivity index (χ0) is 14.7. The molecule has 0 bridgehead atoms. The van der Waals surface area contributed by atoms with Gasteiger partial charge in [0.1, 0.15) is 13.2 Å². The normalized spacial score (nSPS) is 20.3. The van der Waals surface area contributed by atoms with Crippen LogP contribution in [0.1, 0.15) is 25.3 Å². The molecule has 0 aliphatic carbocycles. The van der Waals surface area contributed by atoms with E-state index in [4.69, 9.17) is 25.8 Å². The summed E-state index contributed by atoms with van der Waals surface area (Å²) in [6.07, 6.45) is 2.27. The first kappa shape index (κ1) is 14.9. The molecule has 4 nitrogen and oxygen atoms in total. The van der Waals surface area contributed by atoms with E-state index in [1.165, 1.54) is 0 Å². The van der Waals surface area contributed by atoms with E-state index in [2.05, 4.69) is 12.2 Å². The second-order valence-electron chi connectivity index (χ2n) is 5.72. The van der Waals surface area contributed by atoms with Gasteiger partial charge in [-0.25, -0.2) is 0 Å². The molecule has 2 heterocycles. The highest BCUT2D eigenvalue weighted by atomic mass is 35.5. The Hall–Kier alpha value is -0.970. The molecular formula is C16H22ClNO3. The zero-order valence-electron chi connectivity index (χ0n) is 12.4. The van der Waals surface area contributed by atoms with E-state index in [1.807, 2.05) is 12.1 Å². The van der Waals surface area contributed by atoms with Gasteiger partial charge >= 0.3 is 0 Å². The van der Waals surface area contributed by atoms with Gasteiger partial charge in [0.05, 0.1) is 5.02 Å². The Labute approximate surface area is 130 Å². The van der Waals surface area contributed by atoms with Crippen molar-refractivity contribution in [2.45, 2.75) is 32.4 Å². The summed E-state index contributed by atoms with van der Waals surface area (Å²) in [6, 6.07) is 4.45. The van der Waals surface area contributed by atoms with Crippen molar-refractivity contribution < 1.29 is 14.2 Å². The summed E-state index contributed by atoms with van der Waals surface area (Å²) in [6.45, 7) is 5.94. The van der Waals surface area contributed by atoms with Crippen molar-refractivity contribution in [3.63, 3.8) is 0 Å². The number of rotatable bonds is 4. The minimum absolute atomic E-state index is 0.473. The molecule has 1 saturated heterocycles. The van der Waals surface area contributed by atoms with Gasteiger partial charge in [0, 0.05) is 25.8 Å². The largest absolute Gasteiger partial charge is 0.486 e. The third-order valence-electron chi connectivity index (χ3n) is 4.26. The minimum atomic E-state index is 0.473. The summed E-state index contributed by atoms with van der Waals surface area (Å²) in [7, 11) is 0. The van der Waals surface area contributed by atoms with E-state index in [-0.39, 0.29) is 0 Å². The van der Waals surface area contributed by atoms with Gasteiger partial charge in [-0.2, -0.15) is 0 Å². The second kappa shape index (κ2) is 6.86. The first-order valence-corrected chi connectivity index (χ1v) is 8.01. The van der Waals surface area contributed by atoms with Gasteiger partial charge in [0.15, 0.2) is 11.5 Å². The monoisotopic (exact) mass is 311 g/mol. The van der Waals surface area contributed by atoms with E-state index in [9.17, 15) is 0 Å². The Balaban J connectivity index is 1.61. The van der Waals surface area contributed by atoms with Crippen LogP contribution in [-0.2, 0) is 11.3 Å². The molecule has 0 saturated carbocycles. The van der Waals surface area contributed by atoms with Gasteiger partial charge in [-0.15, -0.1) is 0 Å². The molecule has 1 aromatic carbocycles. The maximum absolute atomic E-state index is 6.26. The van der Waals surface area contributed by atoms with Crippen LogP contribution in [0.4, 0.5) is 0 Å². The molecule has 1 fully saturated rings. The Bertz CT molecular complexity index is 489. The van der Waals surface area contributed by atoms with Gasteiger partial charge in [0.25, 0.3) is 0 Å². The van der Waals surface area contributed by atoms with Crippen molar-refractivity contribution in [1.82, 2.24) is 5.32 Å². The lowest BCUT2D eigenvalue weighted by Gasteiger charge is -2.28. The molecule has 1 N–H and O–H groups in total. The Morgan fingerprint density at radius 3 is 2.76 bits per heavy atom. The molecule has 21 heavy (non-hydrogen) atoms. The van der Waals surface area contributed by atoms with Crippen molar-refractivity contribution in [1.29, 1.82) is 0 Å². The molecule has 1 atom stereocenters. The Morgan fingerprint density at radius 1 is 1.19 bits per heavy atom. The molecule has 3 rings (SSSR count). The molecule has 0 radical (unpaired) electrons. The highest BCUT2D eigenvalue weighted by Gasteiger charge is 2.21. The number of halogens is 1. The van der Waals surface area contributed by atoms with Gasteiger partial charge in [0.2, 0.25) is 0 Å². The van der Waals surface area contributed by atoms with E-state index in [0.717, 1.165) is 43.9 Å². The second-order valence-corrected chi connectivity index (χ2v) is 6.13. The van der Waals surface area contributed by atoms with Gasteiger partial charge in [-0.3, -0.25) is 0 Å². The Morgan fingerprint density at radius 2 is 1.95 bits per heavy atom. The average Bonchev–Trinajstić information content (AvgIpc) is 2.53. The molecule has 0 aromatic heterocycles. The molecule has 0 amide bonds. The smallest absolute Gasteiger partial charge is 0.179 e. The lowest BCUT2D eigenvalue weighted by molar-refractivity contribution is 0.0558. The molecule has 5 heteroatoms. The quantitative estimate of drug-likeness (QED) is 0.928. The van der Waals surface area contributed by atoms with Crippen LogP contribution in [0.25, 0.3) is 0 Å². The predicted octanol–water partition coefficient (Wildman–Crippen LogP) is 3.02. The fourth-order valence-electron chi connectivity index (χ4n) is 2.93. The van der Waals surface area contributed by atoms with Crippen molar-refractivity contribution >= 4 is 11.6 Å². The maximum atomic E-state index is 6.26. The fraction of sp³-hybridized carbons (Fsp3) is 0.625. The lowest BCUT2D eigenvalue weighted by atomic mass is 9.93. The SMILES string of the molecule is CC(NCc1cc(Cl)c2c(c1)OCCO2)C1CCOCC1. The standard InChI is InChI=1S/C16H22ClNO3/c1-11(13-2-4-19-5-3-13)18-10-12-8-14(17)16-15(9-12)20-6-7-21-16/h8-9,11,13,18H,2-7,10H2,1H3. The van der Waals surface area contributed by atoms with Crippen molar-refractivity contribution in [3.05, 3.63) is 22.7 Å². The minimum Gasteiger partial charge on any atom is -0.486 e. The van der Waals surface area contributed by atoms with Gasteiger partial charge < -0.3 is 19.5 Å². The summed E-state index contributed by atoms with van der Waals surface area (Å²) in [5.74, 6) is 2.11. The molecule has 0 spiro atoms. The maximum Gasteiger partial charge on any atom is 0.179 e. The van der Waals surface area contributed by atoms with Crippen molar-refractivity contribution in [2.24, 2.45) is 5.92 Å². The van der Waals surface area contributed by atoms with Crippen molar-refractivity contribution in [2.75, 3.05) is 26.4 Å². The van der Waals surface area contributed by atoms with E-state index >= 15 is 0 Å². The van der Waals surface area contributed by atoms with Crippen LogP contribution in [-0.4, -0.2) is 32.5 Å². The Kier molecular flexibility index (Phi) is 4.88. The highest BCUT2D eigenvalue weighted by Crippen LogP contribution is 2.38. The third kappa shape index (κ3) is 3.62. The summed E-state index contributed by atoms with van der Waals surface area (Å²) < 4.78 is 16.6. The summed E-state index contributed by atoms with van der Waals surface area (Å²) >= 11 is 6.26. The summed E-state index contributed by atoms with van der Waals surface area (Å²) in [4.78, 5) is 0. The number of hydrogen-bond acceptors (Lipinski definition) is 4. The number of benzene rings is 1. The van der Waals surface area contributed by atoms with Gasteiger partial charge in [-0.05, 0) is 43.4 Å². The first-order valence-electron chi connectivity index (χ1n) is 7.63. The van der Waals surface area contributed by atoms with E-state index < -0.39 is 0 Å². The van der Waals surface area contributed by atoms with Crippen molar-refractivity contribution in [3.8, 4) is 11.5 Å². The topological polar surface area (TPSA) is 39.7 Å². The van der Waals surface area contributed by atoms with Crippen LogP contribution in [0, 0.1) is 5.92 Å². The summed E-state index contributed by atoms with van der Waals surface area (Å²) in [5.41, 5.74) is 1.13. The predicted molar refractivity (Wildman–Crippen MR) is 82.3 cm³/mol. The molecular weight excluding hydrogens is 290 g/mol. The number of ether oxygens (including phenoxy) is 3. The highest BCUT2D eigenvalue weighted by molar-refractivity contribution is 6.32. The van der Waals surface area contributed by atoms with E-state index in [1.54, 1.807) is 0 Å². The number of fused-ring (bicyclic) bond motifs is 1. The number of hydrogen-bond donors (Lipinski definition) is 1. The first-order chi connectivity index (χ1) is 10.2. The molecule has 2 aliphatic heterocycles. The molecule has 2 aliphatic rings. The average molecular weight is 312 g/mol. The zero-order valence-corrected chi connectivity index (χ0v) is 13.1. The van der Waals surface area contributed by atoms with Crippen LogP contribution < -0.4 is 14.8 Å². The van der Waals surface area contributed by atoms with Gasteiger partial charge in [-0.1, -0.05) is 11.6 Å². The van der Waals surface area contributed by atoms with Crippen LogP contribution in [0.2, 0.25) is 5.02 Å². The molecule has 1 aromatic rings. The molecule has 1 unspecified atom stereocenters. The van der Waals surface area contributed by atoms with Crippen LogP contribution in [0.5, 0.6) is 11.5 Å². The van der Waals surface area contributed by atoms with E-state index in [0.29, 0.717) is 35.9 Å². The lowest BCUT2D eigenvalue weighted by Crippen LogP contribution is -2.36.